The van der Waals surface area contributed by atoms with Crippen molar-refractivity contribution in [2.45, 2.75) is 26.9 Å². The summed E-state index contributed by atoms with van der Waals surface area (Å²) in [6.45, 7) is 3.57. The van der Waals surface area contributed by atoms with Crippen LogP contribution in [-0.4, -0.2) is 42.0 Å². The van der Waals surface area contributed by atoms with Crippen molar-refractivity contribution in [3.05, 3.63) is 57.3 Å². The highest BCUT2D eigenvalue weighted by atomic mass is 32.2. The third-order valence-corrected chi connectivity index (χ3v) is 5.40. The SMILES string of the molecule is Cc1ccc(N(CC(=O)N2Cc3nc(C)[nH]c(=O)c3C2)S(C)(=O)=O)cc1. The summed E-state index contributed by atoms with van der Waals surface area (Å²) in [5.41, 5.74) is 2.16. The predicted molar refractivity (Wildman–Crippen MR) is 97.2 cm³/mol. The number of anilines is 1. The van der Waals surface area contributed by atoms with Crippen molar-refractivity contribution in [1.29, 1.82) is 0 Å². The first-order chi connectivity index (χ1) is 12.1. The number of carbonyl (C=O) groups is 1. The molecule has 8 nitrogen and oxygen atoms in total. The fourth-order valence-electron chi connectivity index (χ4n) is 2.90. The van der Waals surface area contributed by atoms with Crippen LogP contribution in [0.2, 0.25) is 0 Å². The highest BCUT2D eigenvalue weighted by molar-refractivity contribution is 7.92. The molecule has 0 saturated carbocycles. The number of nitrogens with zero attached hydrogens (tertiary/aromatic N) is 3. The van der Waals surface area contributed by atoms with Crippen molar-refractivity contribution < 1.29 is 13.2 Å². The number of aromatic amines is 1. The van der Waals surface area contributed by atoms with E-state index in [1.165, 1.54) is 4.90 Å². The highest BCUT2D eigenvalue weighted by Gasteiger charge is 2.30. The summed E-state index contributed by atoms with van der Waals surface area (Å²) >= 11 is 0. The van der Waals surface area contributed by atoms with Crippen molar-refractivity contribution in [2.24, 2.45) is 0 Å². The molecule has 2 heterocycles. The molecule has 138 valence electrons. The van der Waals surface area contributed by atoms with Gasteiger partial charge >= 0.3 is 0 Å². The summed E-state index contributed by atoms with van der Waals surface area (Å²) < 4.78 is 25.4. The van der Waals surface area contributed by atoms with Crippen LogP contribution in [0.15, 0.2) is 29.1 Å². The maximum absolute atomic E-state index is 12.7. The van der Waals surface area contributed by atoms with E-state index < -0.39 is 10.0 Å². The quantitative estimate of drug-likeness (QED) is 0.846. The smallest absolute Gasteiger partial charge is 0.256 e. The topological polar surface area (TPSA) is 103 Å². The lowest BCUT2D eigenvalue weighted by molar-refractivity contribution is -0.130. The first kappa shape index (κ1) is 18.1. The fourth-order valence-corrected chi connectivity index (χ4v) is 3.75. The molecule has 1 amide bonds. The number of aryl methyl sites for hydroxylation is 2. The van der Waals surface area contributed by atoms with E-state index in [2.05, 4.69) is 9.97 Å². The van der Waals surface area contributed by atoms with Gasteiger partial charge in [-0.25, -0.2) is 13.4 Å². The number of benzene rings is 1. The zero-order valence-electron chi connectivity index (χ0n) is 14.8. The van der Waals surface area contributed by atoms with E-state index in [4.69, 9.17) is 0 Å². The molecule has 0 saturated heterocycles. The number of sulfonamides is 1. The number of aromatic nitrogens is 2. The molecule has 0 fully saturated rings. The molecule has 1 aliphatic heterocycles. The van der Waals surface area contributed by atoms with E-state index in [1.54, 1.807) is 31.2 Å². The van der Waals surface area contributed by atoms with Gasteiger partial charge < -0.3 is 9.88 Å². The van der Waals surface area contributed by atoms with Crippen LogP contribution in [0.1, 0.15) is 22.6 Å². The first-order valence-corrected chi connectivity index (χ1v) is 9.91. The molecule has 2 aromatic rings. The van der Waals surface area contributed by atoms with Crippen LogP contribution in [-0.2, 0) is 27.9 Å². The molecule has 9 heteroatoms. The maximum Gasteiger partial charge on any atom is 0.256 e. The van der Waals surface area contributed by atoms with E-state index in [0.717, 1.165) is 16.1 Å². The van der Waals surface area contributed by atoms with Gasteiger partial charge in [-0.05, 0) is 26.0 Å². The molecule has 1 aromatic heterocycles. The monoisotopic (exact) mass is 376 g/mol. The van der Waals surface area contributed by atoms with Crippen molar-refractivity contribution in [3.8, 4) is 0 Å². The molecule has 26 heavy (non-hydrogen) atoms. The Morgan fingerprint density at radius 1 is 1.23 bits per heavy atom. The van der Waals surface area contributed by atoms with Gasteiger partial charge in [0.05, 0.1) is 36.3 Å². The van der Waals surface area contributed by atoms with E-state index in [0.29, 0.717) is 22.8 Å². The second-order valence-corrected chi connectivity index (χ2v) is 8.34. The van der Waals surface area contributed by atoms with Crippen LogP contribution in [0.5, 0.6) is 0 Å². The second-order valence-electron chi connectivity index (χ2n) is 6.43. The minimum absolute atomic E-state index is 0.127. The Morgan fingerprint density at radius 3 is 2.50 bits per heavy atom. The van der Waals surface area contributed by atoms with Gasteiger partial charge in [0.25, 0.3) is 5.56 Å². The van der Waals surface area contributed by atoms with Gasteiger partial charge in [0.15, 0.2) is 0 Å². The van der Waals surface area contributed by atoms with Gasteiger partial charge in [-0.1, -0.05) is 17.7 Å². The molecule has 3 rings (SSSR count). The minimum Gasteiger partial charge on any atom is -0.331 e. The third-order valence-electron chi connectivity index (χ3n) is 4.26. The maximum atomic E-state index is 12.7. The number of hydrogen-bond acceptors (Lipinski definition) is 5. The van der Waals surface area contributed by atoms with Gasteiger partial charge in [0.1, 0.15) is 12.4 Å². The molecule has 1 aliphatic rings. The van der Waals surface area contributed by atoms with E-state index >= 15 is 0 Å². The van der Waals surface area contributed by atoms with Crippen molar-refractivity contribution >= 4 is 21.6 Å². The Kier molecular flexibility index (Phi) is 4.57. The molecule has 0 unspecified atom stereocenters. The lowest BCUT2D eigenvalue weighted by Crippen LogP contribution is -2.41. The number of fused-ring (bicyclic) bond motifs is 1. The van der Waals surface area contributed by atoms with Crippen LogP contribution < -0.4 is 9.86 Å². The van der Waals surface area contributed by atoms with Crippen LogP contribution in [0.25, 0.3) is 0 Å². The second kappa shape index (κ2) is 6.56. The zero-order valence-corrected chi connectivity index (χ0v) is 15.6. The number of amides is 1. The van der Waals surface area contributed by atoms with Gasteiger partial charge in [0.2, 0.25) is 15.9 Å². The lowest BCUT2D eigenvalue weighted by atomic mass is 10.2. The Balaban J connectivity index is 1.82. The Bertz CT molecular complexity index is 1010. The molecule has 0 spiro atoms. The van der Waals surface area contributed by atoms with Gasteiger partial charge in [-0.15, -0.1) is 0 Å². The average molecular weight is 376 g/mol. The minimum atomic E-state index is -3.64. The summed E-state index contributed by atoms with van der Waals surface area (Å²) in [6, 6.07) is 6.90. The number of H-pyrrole nitrogens is 1. The van der Waals surface area contributed by atoms with Crippen LogP contribution in [0, 0.1) is 13.8 Å². The molecule has 0 bridgehead atoms. The van der Waals surface area contributed by atoms with E-state index in [9.17, 15) is 18.0 Å². The van der Waals surface area contributed by atoms with Crippen molar-refractivity contribution in [1.82, 2.24) is 14.9 Å². The molecular weight excluding hydrogens is 356 g/mol. The van der Waals surface area contributed by atoms with Crippen molar-refractivity contribution in [2.75, 3.05) is 17.1 Å². The Hall–Kier alpha value is -2.68. The fraction of sp³-hybridized carbons (Fsp3) is 0.353. The molecule has 1 aromatic carbocycles. The molecule has 0 atom stereocenters. The zero-order chi connectivity index (χ0) is 19.1. The van der Waals surface area contributed by atoms with Crippen molar-refractivity contribution in [3.63, 3.8) is 0 Å². The first-order valence-electron chi connectivity index (χ1n) is 8.06. The normalized spacial score (nSPS) is 13.6. The summed E-state index contributed by atoms with van der Waals surface area (Å²) in [4.78, 5) is 33.0. The predicted octanol–water partition coefficient (Wildman–Crippen LogP) is 0.695. The van der Waals surface area contributed by atoms with E-state index in [1.807, 2.05) is 6.92 Å². The number of rotatable bonds is 4. The molecule has 0 aliphatic carbocycles. The Labute approximate surface area is 151 Å². The standard InChI is InChI=1S/C17H20N4O4S/c1-11-4-6-13(7-5-11)21(26(3,24)25)10-16(22)20-8-14-15(9-20)18-12(2)19-17(14)23/h4-7H,8-10H2,1-3H3,(H,18,19,23). The molecule has 1 N–H and O–H groups in total. The van der Waals surface area contributed by atoms with Crippen LogP contribution in [0.4, 0.5) is 5.69 Å². The molecule has 0 radical (unpaired) electrons. The van der Waals surface area contributed by atoms with Crippen LogP contribution in [0.3, 0.4) is 0 Å². The number of carbonyl (C=O) groups excluding carboxylic acids is 1. The summed E-state index contributed by atoms with van der Waals surface area (Å²) in [5.74, 6) is 0.103. The van der Waals surface area contributed by atoms with Gasteiger partial charge in [-0.3, -0.25) is 13.9 Å². The molecular formula is C17H20N4O4S. The van der Waals surface area contributed by atoms with Gasteiger partial charge in [0, 0.05) is 0 Å². The highest BCUT2D eigenvalue weighted by Crippen LogP contribution is 2.21. The number of nitrogens with one attached hydrogen (secondary N) is 1. The number of hydrogen-bond donors (Lipinski definition) is 1. The van der Waals surface area contributed by atoms with E-state index in [-0.39, 0.29) is 31.1 Å². The van der Waals surface area contributed by atoms with Crippen LogP contribution >= 0.6 is 0 Å². The third kappa shape index (κ3) is 3.62. The summed E-state index contributed by atoms with van der Waals surface area (Å²) in [5, 5.41) is 0. The summed E-state index contributed by atoms with van der Waals surface area (Å²) in [7, 11) is -3.64. The average Bonchev–Trinajstić information content (AvgIpc) is 2.97. The lowest BCUT2D eigenvalue weighted by Gasteiger charge is -2.24. The largest absolute Gasteiger partial charge is 0.331 e. The Morgan fingerprint density at radius 2 is 1.88 bits per heavy atom. The van der Waals surface area contributed by atoms with Gasteiger partial charge in [-0.2, -0.15) is 0 Å². The summed E-state index contributed by atoms with van der Waals surface area (Å²) in [6.07, 6.45) is 1.06.